The Bertz CT molecular complexity index is 388. The predicted molar refractivity (Wildman–Crippen MR) is 68.3 cm³/mol. The quantitative estimate of drug-likeness (QED) is 0.871. The predicted octanol–water partition coefficient (Wildman–Crippen LogP) is 2.13. The van der Waals surface area contributed by atoms with Crippen molar-refractivity contribution >= 4 is 0 Å². The van der Waals surface area contributed by atoms with E-state index in [4.69, 9.17) is 4.74 Å². The Hall–Kier alpha value is -1.06. The fourth-order valence-electron chi connectivity index (χ4n) is 2.50. The number of rotatable bonds is 3. The van der Waals surface area contributed by atoms with Crippen LogP contribution in [0.1, 0.15) is 31.1 Å². The second-order valence-corrected chi connectivity index (χ2v) is 4.59. The maximum Gasteiger partial charge on any atom is 0.125 e. The van der Waals surface area contributed by atoms with E-state index in [0.717, 1.165) is 30.0 Å². The van der Waals surface area contributed by atoms with Crippen molar-refractivity contribution in [3.8, 4) is 5.75 Å². The molecule has 1 N–H and O–H groups in total. The molecule has 2 rings (SSSR count). The first-order valence-corrected chi connectivity index (χ1v) is 6.32. The molecular weight excluding hydrogens is 214 g/mol. The zero-order valence-corrected chi connectivity index (χ0v) is 10.8. The third kappa shape index (κ3) is 2.31. The maximum absolute atomic E-state index is 10.5. The standard InChI is InChI=1S/C14H21NO2/c1-4-15(5-2)12-9-17-13-7-6-10(3)8-11(13)14(12)16/h6-8,12,14,16H,4-5,9H2,1-3H3. The number of aryl methyl sites for hydroxylation is 1. The van der Waals surface area contributed by atoms with Crippen LogP contribution in [0.3, 0.4) is 0 Å². The Kier molecular flexibility index (Phi) is 3.69. The average Bonchev–Trinajstić information content (AvgIpc) is 2.34. The van der Waals surface area contributed by atoms with Crippen molar-refractivity contribution in [3.63, 3.8) is 0 Å². The lowest BCUT2D eigenvalue weighted by molar-refractivity contribution is 0.00784. The topological polar surface area (TPSA) is 32.7 Å². The number of benzene rings is 1. The number of aliphatic hydroxyl groups excluding tert-OH is 1. The van der Waals surface area contributed by atoms with Crippen LogP contribution in [0.25, 0.3) is 0 Å². The number of aliphatic hydroxyl groups is 1. The molecule has 0 bridgehead atoms. The summed E-state index contributed by atoms with van der Waals surface area (Å²) in [5.41, 5.74) is 2.08. The van der Waals surface area contributed by atoms with E-state index in [-0.39, 0.29) is 6.04 Å². The van der Waals surface area contributed by atoms with Gasteiger partial charge in [-0.25, -0.2) is 0 Å². The SMILES string of the molecule is CCN(CC)C1COc2ccc(C)cc2C1O. The summed E-state index contributed by atoms with van der Waals surface area (Å²) < 4.78 is 5.74. The van der Waals surface area contributed by atoms with Crippen LogP contribution < -0.4 is 4.74 Å². The third-order valence-electron chi connectivity index (χ3n) is 3.54. The number of nitrogens with zero attached hydrogens (tertiary/aromatic N) is 1. The molecule has 3 heteroatoms. The molecule has 1 aromatic carbocycles. The summed E-state index contributed by atoms with van der Waals surface area (Å²) in [4.78, 5) is 2.25. The van der Waals surface area contributed by atoms with Crippen molar-refractivity contribution in [3.05, 3.63) is 29.3 Å². The van der Waals surface area contributed by atoms with E-state index in [9.17, 15) is 5.11 Å². The molecule has 17 heavy (non-hydrogen) atoms. The minimum absolute atomic E-state index is 0.0688. The highest BCUT2D eigenvalue weighted by molar-refractivity contribution is 5.40. The van der Waals surface area contributed by atoms with E-state index in [1.807, 2.05) is 25.1 Å². The molecule has 2 unspecified atom stereocenters. The lowest BCUT2D eigenvalue weighted by atomic mass is 9.96. The monoisotopic (exact) mass is 235 g/mol. The van der Waals surface area contributed by atoms with Gasteiger partial charge in [-0.3, -0.25) is 4.90 Å². The molecule has 0 radical (unpaired) electrons. The smallest absolute Gasteiger partial charge is 0.125 e. The Morgan fingerprint density at radius 3 is 2.71 bits per heavy atom. The molecule has 0 fully saturated rings. The number of likely N-dealkylation sites (N-methyl/N-ethyl adjacent to an activating group) is 1. The van der Waals surface area contributed by atoms with Crippen LogP contribution >= 0.6 is 0 Å². The summed E-state index contributed by atoms with van der Waals surface area (Å²) in [5.74, 6) is 0.825. The van der Waals surface area contributed by atoms with Gasteiger partial charge in [0.05, 0.1) is 6.04 Å². The molecule has 3 nitrogen and oxygen atoms in total. The van der Waals surface area contributed by atoms with Gasteiger partial charge in [0.1, 0.15) is 18.5 Å². The van der Waals surface area contributed by atoms with Crippen LogP contribution in [0.2, 0.25) is 0 Å². The van der Waals surface area contributed by atoms with E-state index >= 15 is 0 Å². The van der Waals surface area contributed by atoms with Crippen LogP contribution in [0.5, 0.6) is 5.75 Å². The van der Waals surface area contributed by atoms with Gasteiger partial charge in [0.25, 0.3) is 0 Å². The van der Waals surface area contributed by atoms with Crippen LogP contribution in [-0.4, -0.2) is 35.7 Å². The van der Waals surface area contributed by atoms with Crippen molar-refractivity contribution in [1.82, 2.24) is 4.90 Å². The summed E-state index contributed by atoms with van der Waals surface area (Å²) in [6.07, 6.45) is -0.446. The number of fused-ring (bicyclic) bond motifs is 1. The molecule has 0 saturated carbocycles. The first-order chi connectivity index (χ1) is 8.17. The molecule has 1 aliphatic rings. The van der Waals surface area contributed by atoms with Crippen LogP contribution in [0.15, 0.2) is 18.2 Å². The van der Waals surface area contributed by atoms with Crippen LogP contribution in [-0.2, 0) is 0 Å². The largest absolute Gasteiger partial charge is 0.491 e. The van der Waals surface area contributed by atoms with Gasteiger partial charge in [-0.1, -0.05) is 25.5 Å². The first kappa shape index (κ1) is 12.4. The highest BCUT2D eigenvalue weighted by Gasteiger charge is 2.32. The highest BCUT2D eigenvalue weighted by Crippen LogP contribution is 2.34. The number of hydrogen-bond donors (Lipinski definition) is 1. The second-order valence-electron chi connectivity index (χ2n) is 4.59. The third-order valence-corrected chi connectivity index (χ3v) is 3.54. The van der Waals surface area contributed by atoms with Crippen LogP contribution in [0.4, 0.5) is 0 Å². The molecule has 1 aromatic rings. The highest BCUT2D eigenvalue weighted by atomic mass is 16.5. The number of ether oxygens (including phenoxy) is 1. The van der Waals surface area contributed by atoms with E-state index in [0.29, 0.717) is 6.61 Å². The average molecular weight is 235 g/mol. The first-order valence-electron chi connectivity index (χ1n) is 6.32. The van der Waals surface area contributed by atoms with Crippen molar-refractivity contribution in [2.75, 3.05) is 19.7 Å². The van der Waals surface area contributed by atoms with Gasteiger partial charge in [0.2, 0.25) is 0 Å². The van der Waals surface area contributed by atoms with Gasteiger partial charge in [-0.2, -0.15) is 0 Å². The normalized spacial score (nSPS) is 23.4. The fourth-order valence-corrected chi connectivity index (χ4v) is 2.50. The molecule has 94 valence electrons. The summed E-state index contributed by atoms with van der Waals surface area (Å²) >= 11 is 0. The van der Waals surface area contributed by atoms with Gasteiger partial charge in [0, 0.05) is 5.56 Å². The second kappa shape index (κ2) is 5.07. The molecule has 0 spiro atoms. The minimum atomic E-state index is -0.446. The molecule has 0 aromatic heterocycles. The number of hydrogen-bond acceptors (Lipinski definition) is 3. The Labute approximate surface area is 103 Å². The van der Waals surface area contributed by atoms with Gasteiger partial charge in [-0.15, -0.1) is 0 Å². The zero-order valence-electron chi connectivity index (χ0n) is 10.8. The molecule has 0 aliphatic carbocycles. The van der Waals surface area contributed by atoms with Crippen molar-refractivity contribution < 1.29 is 9.84 Å². The maximum atomic E-state index is 10.5. The Balaban J connectivity index is 2.28. The van der Waals surface area contributed by atoms with Crippen molar-refractivity contribution in [1.29, 1.82) is 0 Å². The molecule has 0 amide bonds. The summed E-state index contributed by atoms with van der Waals surface area (Å²) in [6, 6.07) is 6.06. The zero-order chi connectivity index (χ0) is 12.4. The van der Waals surface area contributed by atoms with Gasteiger partial charge < -0.3 is 9.84 Å². The van der Waals surface area contributed by atoms with E-state index in [2.05, 4.69) is 18.7 Å². The summed E-state index contributed by atoms with van der Waals surface area (Å²) in [6.45, 7) is 8.70. The molecule has 1 heterocycles. The lowest BCUT2D eigenvalue weighted by Crippen LogP contribution is -2.45. The van der Waals surface area contributed by atoms with Gasteiger partial charge >= 0.3 is 0 Å². The van der Waals surface area contributed by atoms with Crippen molar-refractivity contribution in [2.45, 2.75) is 32.9 Å². The summed E-state index contributed by atoms with van der Waals surface area (Å²) in [7, 11) is 0. The summed E-state index contributed by atoms with van der Waals surface area (Å²) in [5, 5.41) is 10.5. The van der Waals surface area contributed by atoms with E-state index in [1.54, 1.807) is 0 Å². The van der Waals surface area contributed by atoms with Crippen LogP contribution in [0, 0.1) is 6.92 Å². The molecule has 0 saturated heterocycles. The molecule has 2 atom stereocenters. The van der Waals surface area contributed by atoms with E-state index in [1.165, 1.54) is 0 Å². The van der Waals surface area contributed by atoms with Gasteiger partial charge in [0.15, 0.2) is 0 Å². The lowest BCUT2D eigenvalue weighted by Gasteiger charge is -2.37. The van der Waals surface area contributed by atoms with E-state index < -0.39 is 6.10 Å². The molecule has 1 aliphatic heterocycles. The minimum Gasteiger partial charge on any atom is -0.491 e. The fraction of sp³-hybridized carbons (Fsp3) is 0.571. The molecular formula is C14H21NO2. The Morgan fingerprint density at radius 1 is 1.35 bits per heavy atom. The Morgan fingerprint density at radius 2 is 2.06 bits per heavy atom. The van der Waals surface area contributed by atoms with Gasteiger partial charge in [-0.05, 0) is 32.1 Å². The van der Waals surface area contributed by atoms with Crippen molar-refractivity contribution in [2.24, 2.45) is 0 Å².